The highest BCUT2D eigenvalue weighted by Gasteiger charge is 2.31. The topological polar surface area (TPSA) is 124 Å². The van der Waals surface area contributed by atoms with E-state index in [1.807, 2.05) is 24.0 Å². The number of amides is 2. The van der Waals surface area contributed by atoms with Gasteiger partial charge in [0.05, 0.1) is 42.0 Å². The maximum atomic E-state index is 14.3. The number of nitrogens with zero attached hydrogens (tertiary/aromatic N) is 3. The molecule has 2 aromatic carbocycles. The number of halogens is 1. The van der Waals surface area contributed by atoms with Crippen LogP contribution in [0.3, 0.4) is 0 Å². The second-order valence-electron chi connectivity index (χ2n) is 10.4. The van der Waals surface area contributed by atoms with E-state index in [0.29, 0.717) is 50.1 Å². The fourth-order valence-electron chi connectivity index (χ4n) is 5.30. The number of aliphatic hydroxyl groups is 1. The summed E-state index contributed by atoms with van der Waals surface area (Å²) in [7, 11) is -3.62. The van der Waals surface area contributed by atoms with E-state index in [2.05, 4.69) is 15.5 Å². The molecule has 40 heavy (non-hydrogen) atoms. The number of hydrogen-bond acceptors (Lipinski definition) is 8. The number of carbonyl (C=O) groups excluding carboxylic acids is 1. The fourth-order valence-corrected chi connectivity index (χ4v) is 6.18. The summed E-state index contributed by atoms with van der Waals surface area (Å²) in [5.74, 6) is 0.0578. The standard InChI is InChI=1S/C28H34FN5O5S/c1-18-17-39-15-14-33(18)28-32-23(22-16-19(29)6-11-26(22)40(2,37)38)12-13-34(28)21-9-7-20(8-10-21)30-27(36)31-24-4-3-5-25(24)35/h6-12,16,18,24-25,35H,3-5,13-15,17H2,1-2H3,(H2,30,31,36)/t18-,24-,25-/m0/s1. The van der Waals surface area contributed by atoms with Gasteiger partial charge in [0.25, 0.3) is 0 Å². The Morgan fingerprint density at radius 1 is 1.18 bits per heavy atom. The number of sulfone groups is 1. The lowest BCUT2D eigenvalue weighted by Crippen LogP contribution is -2.54. The quantitative estimate of drug-likeness (QED) is 0.471. The van der Waals surface area contributed by atoms with Crippen molar-refractivity contribution < 1.29 is 27.4 Å². The minimum absolute atomic E-state index is 0.00631. The molecular weight excluding hydrogens is 537 g/mol. The molecule has 0 unspecified atom stereocenters. The zero-order chi connectivity index (χ0) is 28.4. The molecule has 2 heterocycles. The van der Waals surface area contributed by atoms with E-state index in [4.69, 9.17) is 9.73 Å². The van der Waals surface area contributed by atoms with Gasteiger partial charge in [-0.15, -0.1) is 0 Å². The van der Waals surface area contributed by atoms with Crippen LogP contribution in [0.2, 0.25) is 0 Å². The van der Waals surface area contributed by atoms with E-state index in [-0.39, 0.29) is 28.6 Å². The van der Waals surface area contributed by atoms with Gasteiger partial charge in [-0.2, -0.15) is 0 Å². The molecule has 3 aliphatic rings. The van der Waals surface area contributed by atoms with Crippen LogP contribution in [0.25, 0.3) is 5.70 Å². The van der Waals surface area contributed by atoms with Gasteiger partial charge in [-0.3, -0.25) is 0 Å². The monoisotopic (exact) mass is 571 g/mol. The van der Waals surface area contributed by atoms with Crippen molar-refractivity contribution in [1.29, 1.82) is 0 Å². The van der Waals surface area contributed by atoms with Crippen LogP contribution in [-0.2, 0) is 14.6 Å². The van der Waals surface area contributed by atoms with Crippen molar-refractivity contribution in [1.82, 2.24) is 10.2 Å². The molecule has 214 valence electrons. The summed E-state index contributed by atoms with van der Waals surface area (Å²) in [6.07, 6.45) is 4.68. The van der Waals surface area contributed by atoms with Crippen LogP contribution >= 0.6 is 0 Å². The van der Waals surface area contributed by atoms with E-state index in [1.54, 1.807) is 18.2 Å². The Morgan fingerprint density at radius 3 is 2.62 bits per heavy atom. The molecule has 3 atom stereocenters. The van der Waals surface area contributed by atoms with Crippen LogP contribution in [0.5, 0.6) is 0 Å². The van der Waals surface area contributed by atoms with Crippen LogP contribution in [-0.4, -0.2) is 81.2 Å². The van der Waals surface area contributed by atoms with Gasteiger partial charge in [0.2, 0.25) is 5.96 Å². The largest absolute Gasteiger partial charge is 0.391 e. The molecule has 0 aromatic heterocycles. The maximum absolute atomic E-state index is 14.3. The molecule has 1 aliphatic carbocycles. The van der Waals surface area contributed by atoms with Crippen molar-refractivity contribution in [3.8, 4) is 0 Å². The van der Waals surface area contributed by atoms with Crippen molar-refractivity contribution in [3.63, 3.8) is 0 Å². The molecule has 10 nitrogen and oxygen atoms in total. The summed E-state index contributed by atoms with van der Waals surface area (Å²) in [6, 6.07) is 10.3. The third kappa shape index (κ3) is 6.13. The Hall–Kier alpha value is -3.48. The first-order valence-corrected chi connectivity index (χ1v) is 15.3. The van der Waals surface area contributed by atoms with Crippen molar-refractivity contribution in [2.45, 2.75) is 49.3 Å². The van der Waals surface area contributed by atoms with Gasteiger partial charge in [-0.25, -0.2) is 22.6 Å². The Labute approximate surface area is 233 Å². The van der Waals surface area contributed by atoms with Gasteiger partial charge in [-0.1, -0.05) is 0 Å². The number of hydrogen-bond donors (Lipinski definition) is 3. The summed E-state index contributed by atoms with van der Waals surface area (Å²) in [4.78, 5) is 21.4. The van der Waals surface area contributed by atoms with Crippen LogP contribution < -0.4 is 15.5 Å². The molecule has 2 fully saturated rings. The molecule has 2 amide bonds. The number of urea groups is 1. The van der Waals surface area contributed by atoms with Crippen LogP contribution in [0.4, 0.5) is 20.6 Å². The average Bonchev–Trinajstić information content (AvgIpc) is 3.32. The first-order valence-electron chi connectivity index (χ1n) is 13.4. The van der Waals surface area contributed by atoms with Crippen molar-refractivity contribution in [2.75, 3.05) is 42.8 Å². The minimum Gasteiger partial charge on any atom is -0.391 e. The maximum Gasteiger partial charge on any atom is 0.319 e. The molecule has 2 aromatic rings. The number of carbonyl (C=O) groups is 1. The van der Waals surface area contributed by atoms with Crippen LogP contribution in [0.15, 0.2) is 58.4 Å². The molecule has 3 N–H and O–H groups in total. The van der Waals surface area contributed by atoms with E-state index in [9.17, 15) is 22.7 Å². The number of rotatable bonds is 5. The molecular formula is C28H34FN5O5S. The van der Waals surface area contributed by atoms with E-state index < -0.39 is 21.8 Å². The number of ether oxygens (including phenoxy) is 1. The van der Waals surface area contributed by atoms with Gasteiger partial charge in [-0.05, 0) is 74.7 Å². The Kier molecular flexibility index (Phi) is 8.11. The molecule has 2 aliphatic heterocycles. The van der Waals surface area contributed by atoms with Gasteiger partial charge in [0.15, 0.2) is 9.84 Å². The summed E-state index contributed by atoms with van der Waals surface area (Å²) < 4.78 is 44.8. The highest BCUT2D eigenvalue weighted by atomic mass is 32.2. The zero-order valence-corrected chi connectivity index (χ0v) is 23.3. The van der Waals surface area contributed by atoms with Gasteiger partial charge in [0.1, 0.15) is 5.82 Å². The summed E-state index contributed by atoms with van der Waals surface area (Å²) in [5.41, 5.74) is 2.01. The molecule has 1 saturated carbocycles. The third-order valence-corrected chi connectivity index (χ3v) is 8.56. The molecule has 0 radical (unpaired) electrons. The predicted molar refractivity (Wildman–Crippen MR) is 151 cm³/mol. The highest BCUT2D eigenvalue weighted by Crippen LogP contribution is 2.31. The van der Waals surface area contributed by atoms with Gasteiger partial charge < -0.3 is 30.3 Å². The molecule has 0 bridgehead atoms. The lowest BCUT2D eigenvalue weighted by molar-refractivity contribution is 0.0324. The number of aliphatic imine (C=N–C) groups is 1. The molecule has 12 heteroatoms. The van der Waals surface area contributed by atoms with Gasteiger partial charge >= 0.3 is 6.03 Å². The van der Waals surface area contributed by atoms with Crippen LogP contribution in [0, 0.1) is 5.82 Å². The molecule has 0 spiro atoms. The van der Waals surface area contributed by atoms with Crippen molar-refractivity contribution in [2.24, 2.45) is 4.99 Å². The summed E-state index contributed by atoms with van der Waals surface area (Å²) in [5, 5.41) is 15.6. The van der Waals surface area contributed by atoms with Crippen LogP contribution in [0.1, 0.15) is 31.7 Å². The fraction of sp³-hybridized carbons (Fsp3) is 0.429. The number of morpholine rings is 1. The molecule has 5 rings (SSSR count). The lowest BCUT2D eigenvalue weighted by atomic mass is 10.1. The Morgan fingerprint density at radius 2 is 1.95 bits per heavy atom. The number of nitrogens with one attached hydrogen (secondary N) is 2. The number of benzene rings is 2. The lowest BCUT2D eigenvalue weighted by Gasteiger charge is -2.41. The second kappa shape index (κ2) is 11.6. The Balaban J connectivity index is 1.41. The number of aliphatic hydroxyl groups excluding tert-OH is 1. The van der Waals surface area contributed by atoms with Crippen molar-refractivity contribution in [3.05, 3.63) is 59.9 Å². The van der Waals surface area contributed by atoms with E-state index in [1.165, 1.54) is 12.1 Å². The summed E-state index contributed by atoms with van der Waals surface area (Å²) in [6.45, 7) is 3.99. The Bertz CT molecular complexity index is 1430. The molecule has 1 saturated heterocycles. The highest BCUT2D eigenvalue weighted by molar-refractivity contribution is 7.90. The SMILES string of the molecule is C[C@H]1COCCN1C1=NC(c2cc(F)ccc2S(C)(=O)=O)=CCN1c1ccc(NC(=O)N[C@H]2CCC[C@@H]2O)cc1. The average molecular weight is 572 g/mol. The summed E-state index contributed by atoms with van der Waals surface area (Å²) >= 11 is 0. The number of anilines is 2. The van der Waals surface area contributed by atoms with Crippen molar-refractivity contribution >= 4 is 38.9 Å². The first kappa shape index (κ1) is 28.1. The first-order chi connectivity index (χ1) is 19.1. The number of guanidine groups is 1. The smallest absolute Gasteiger partial charge is 0.319 e. The minimum atomic E-state index is -3.62. The van der Waals surface area contributed by atoms with E-state index in [0.717, 1.165) is 30.9 Å². The zero-order valence-electron chi connectivity index (χ0n) is 22.5. The van der Waals surface area contributed by atoms with E-state index >= 15 is 0 Å². The van der Waals surface area contributed by atoms with Gasteiger partial charge in [0, 0.05) is 36.3 Å². The second-order valence-corrected chi connectivity index (χ2v) is 12.4. The predicted octanol–water partition coefficient (Wildman–Crippen LogP) is 3.20. The normalized spacial score (nSPS) is 23.4. The third-order valence-electron chi connectivity index (χ3n) is 7.40.